The predicted molar refractivity (Wildman–Crippen MR) is 65.2 cm³/mol. The molecule has 5 heteroatoms. The molecule has 1 aromatic carbocycles. The van der Waals surface area contributed by atoms with E-state index in [4.69, 9.17) is 5.26 Å². The van der Waals surface area contributed by atoms with Gasteiger partial charge >= 0.3 is 6.18 Å². The molecule has 102 valence electrons. The van der Waals surface area contributed by atoms with E-state index in [9.17, 15) is 13.2 Å². The molecule has 0 N–H and O–H groups in total. The number of hydrogen-bond donors (Lipinski definition) is 0. The van der Waals surface area contributed by atoms with Crippen molar-refractivity contribution < 1.29 is 13.2 Å². The third-order valence-electron chi connectivity index (χ3n) is 3.25. The van der Waals surface area contributed by atoms with Crippen molar-refractivity contribution in [3.05, 3.63) is 35.9 Å². The highest BCUT2D eigenvalue weighted by atomic mass is 19.4. The molecule has 1 aliphatic carbocycles. The van der Waals surface area contributed by atoms with Crippen LogP contribution in [0.4, 0.5) is 13.2 Å². The fourth-order valence-corrected chi connectivity index (χ4v) is 2.30. The largest absolute Gasteiger partial charge is 0.401 e. The van der Waals surface area contributed by atoms with Gasteiger partial charge in [-0.1, -0.05) is 30.3 Å². The Morgan fingerprint density at radius 1 is 1.26 bits per heavy atom. The summed E-state index contributed by atoms with van der Waals surface area (Å²) in [5.41, 5.74) is 0.778. The monoisotopic (exact) mass is 268 g/mol. The molecule has 0 spiro atoms. The second-order valence-electron chi connectivity index (χ2n) is 4.81. The van der Waals surface area contributed by atoms with Crippen LogP contribution in [0.5, 0.6) is 0 Å². The van der Waals surface area contributed by atoms with Crippen molar-refractivity contribution in [3.63, 3.8) is 0 Å². The van der Waals surface area contributed by atoms with Gasteiger partial charge in [0.15, 0.2) is 0 Å². The van der Waals surface area contributed by atoms with Crippen LogP contribution in [-0.4, -0.2) is 23.7 Å². The number of halogens is 3. The highest BCUT2D eigenvalue weighted by Gasteiger charge is 2.41. The molecular formula is C14H15F3N2. The summed E-state index contributed by atoms with van der Waals surface area (Å²) in [5.74, 6) is 0. The quantitative estimate of drug-likeness (QED) is 0.814. The molecule has 1 aromatic rings. The Bertz CT molecular complexity index is 446. The summed E-state index contributed by atoms with van der Waals surface area (Å²) in [7, 11) is 0. The molecule has 1 unspecified atom stereocenters. The van der Waals surface area contributed by atoms with Crippen LogP contribution in [0.1, 0.15) is 30.9 Å². The van der Waals surface area contributed by atoms with Gasteiger partial charge in [0.1, 0.15) is 0 Å². The van der Waals surface area contributed by atoms with E-state index in [1.54, 1.807) is 24.3 Å². The first-order valence-corrected chi connectivity index (χ1v) is 6.25. The molecule has 2 rings (SSSR count). The van der Waals surface area contributed by atoms with Crippen LogP contribution in [0.25, 0.3) is 0 Å². The van der Waals surface area contributed by atoms with Crippen molar-refractivity contribution in [1.82, 2.24) is 4.90 Å². The number of nitriles is 1. The lowest BCUT2D eigenvalue weighted by atomic mass is 10.0. The van der Waals surface area contributed by atoms with E-state index in [1.807, 2.05) is 12.1 Å². The van der Waals surface area contributed by atoms with Crippen molar-refractivity contribution in [2.75, 3.05) is 6.54 Å². The standard InChI is InChI=1S/C14H15F3N2/c15-14(16,17)10-19(12-6-7-12)13(8-9-18)11-4-2-1-3-5-11/h1-5,12-13H,6-8,10H2. The average molecular weight is 268 g/mol. The summed E-state index contributed by atoms with van der Waals surface area (Å²) in [6, 6.07) is 10.5. The number of alkyl halides is 3. The number of hydrogen-bond acceptors (Lipinski definition) is 2. The van der Waals surface area contributed by atoms with Gasteiger partial charge in [0.05, 0.1) is 19.0 Å². The van der Waals surface area contributed by atoms with Crippen LogP contribution in [0.3, 0.4) is 0 Å². The van der Waals surface area contributed by atoms with Crippen LogP contribution < -0.4 is 0 Å². The minimum Gasteiger partial charge on any atom is -0.284 e. The smallest absolute Gasteiger partial charge is 0.284 e. The summed E-state index contributed by atoms with van der Waals surface area (Å²) in [6.07, 6.45) is -2.59. The minimum atomic E-state index is -4.23. The topological polar surface area (TPSA) is 27.0 Å². The van der Waals surface area contributed by atoms with Gasteiger partial charge in [-0.15, -0.1) is 0 Å². The van der Waals surface area contributed by atoms with E-state index in [1.165, 1.54) is 4.90 Å². The highest BCUT2D eigenvalue weighted by molar-refractivity contribution is 5.21. The zero-order chi connectivity index (χ0) is 13.9. The molecular weight excluding hydrogens is 253 g/mol. The van der Waals surface area contributed by atoms with Crippen molar-refractivity contribution in [2.45, 2.75) is 37.5 Å². The zero-order valence-corrected chi connectivity index (χ0v) is 10.4. The highest BCUT2D eigenvalue weighted by Crippen LogP contribution is 2.38. The maximum absolute atomic E-state index is 12.7. The van der Waals surface area contributed by atoms with Gasteiger partial charge in [0.25, 0.3) is 0 Å². The molecule has 0 radical (unpaired) electrons. The first-order valence-electron chi connectivity index (χ1n) is 6.25. The molecule has 0 amide bonds. The Balaban J connectivity index is 2.22. The number of nitrogens with zero attached hydrogens (tertiary/aromatic N) is 2. The van der Waals surface area contributed by atoms with Gasteiger partial charge in [0.2, 0.25) is 0 Å². The van der Waals surface area contributed by atoms with Gasteiger partial charge < -0.3 is 0 Å². The summed E-state index contributed by atoms with van der Waals surface area (Å²) < 4.78 is 38.1. The van der Waals surface area contributed by atoms with Crippen molar-refractivity contribution in [3.8, 4) is 6.07 Å². The Morgan fingerprint density at radius 2 is 1.89 bits per heavy atom. The summed E-state index contributed by atoms with van der Waals surface area (Å²) in [4.78, 5) is 1.43. The molecule has 0 aliphatic heterocycles. The molecule has 19 heavy (non-hydrogen) atoms. The van der Waals surface area contributed by atoms with E-state index in [2.05, 4.69) is 0 Å². The maximum Gasteiger partial charge on any atom is 0.401 e. The van der Waals surface area contributed by atoms with Crippen LogP contribution in [0.15, 0.2) is 30.3 Å². The molecule has 0 aromatic heterocycles. The molecule has 0 bridgehead atoms. The van der Waals surface area contributed by atoms with Gasteiger partial charge in [-0.25, -0.2) is 0 Å². The molecule has 1 atom stereocenters. The van der Waals surface area contributed by atoms with Gasteiger partial charge in [0, 0.05) is 12.1 Å². The second-order valence-corrected chi connectivity index (χ2v) is 4.81. The molecule has 1 aliphatic rings. The Morgan fingerprint density at radius 3 is 2.37 bits per heavy atom. The van der Waals surface area contributed by atoms with E-state index < -0.39 is 18.8 Å². The van der Waals surface area contributed by atoms with Gasteiger partial charge in [-0.05, 0) is 18.4 Å². The first kappa shape index (κ1) is 13.9. The van der Waals surface area contributed by atoms with Gasteiger partial charge in [-0.3, -0.25) is 4.90 Å². The van der Waals surface area contributed by atoms with E-state index >= 15 is 0 Å². The minimum absolute atomic E-state index is 0.0415. The number of benzene rings is 1. The Labute approximate surface area is 110 Å². The number of rotatable bonds is 5. The Hall–Kier alpha value is -1.54. The molecule has 0 heterocycles. The summed E-state index contributed by atoms with van der Waals surface area (Å²) in [6.45, 7) is -0.946. The third-order valence-corrected chi connectivity index (χ3v) is 3.25. The van der Waals surface area contributed by atoms with Crippen LogP contribution >= 0.6 is 0 Å². The lowest BCUT2D eigenvalue weighted by Gasteiger charge is -2.31. The maximum atomic E-state index is 12.7. The zero-order valence-electron chi connectivity index (χ0n) is 10.4. The summed E-state index contributed by atoms with van der Waals surface area (Å²) in [5, 5.41) is 8.89. The van der Waals surface area contributed by atoms with Crippen molar-refractivity contribution >= 4 is 0 Å². The average Bonchev–Trinajstić information content (AvgIpc) is 3.17. The second kappa shape index (κ2) is 5.62. The summed E-state index contributed by atoms with van der Waals surface area (Å²) >= 11 is 0. The predicted octanol–water partition coefficient (Wildman–Crippen LogP) is 3.67. The first-order chi connectivity index (χ1) is 9.01. The fraction of sp³-hybridized carbons (Fsp3) is 0.500. The van der Waals surface area contributed by atoms with E-state index in [0.717, 1.165) is 18.4 Å². The lowest BCUT2D eigenvalue weighted by Crippen LogP contribution is -2.38. The molecule has 1 saturated carbocycles. The lowest BCUT2D eigenvalue weighted by molar-refractivity contribution is -0.152. The molecule has 0 saturated heterocycles. The van der Waals surface area contributed by atoms with Crippen LogP contribution in [0, 0.1) is 11.3 Å². The normalized spacial score (nSPS) is 17.2. The van der Waals surface area contributed by atoms with Crippen LogP contribution in [-0.2, 0) is 0 Å². The molecule has 2 nitrogen and oxygen atoms in total. The van der Waals surface area contributed by atoms with E-state index in [0.29, 0.717) is 0 Å². The van der Waals surface area contributed by atoms with Crippen molar-refractivity contribution in [1.29, 1.82) is 5.26 Å². The Kier molecular flexibility index (Phi) is 4.11. The third kappa shape index (κ3) is 3.97. The SMILES string of the molecule is N#CCC(c1ccccc1)N(CC(F)(F)F)C1CC1. The van der Waals surface area contributed by atoms with Crippen molar-refractivity contribution in [2.24, 2.45) is 0 Å². The fourth-order valence-electron chi connectivity index (χ4n) is 2.30. The molecule has 1 fully saturated rings. The van der Waals surface area contributed by atoms with Crippen LogP contribution in [0.2, 0.25) is 0 Å². The van der Waals surface area contributed by atoms with Gasteiger partial charge in [-0.2, -0.15) is 18.4 Å². The van der Waals surface area contributed by atoms with E-state index in [-0.39, 0.29) is 12.5 Å².